The number of likely N-dealkylation sites (tertiary alicyclic amines) is 1. The van der Waals surface area contributed by atoms with E-state index in [1.807, 2.05) is 55.5 Å². The number of hydrogen-bond acceptors (Lipinski definition) is 2. The van der Waals surface area contributed by atoms with E-state index >= 15 is 0 Å². The van der Waals surface area contributed by atoms with Crippen molar-refractivity contribution >= 4 is 34.3 Å². The molecule has 1 N–H and O–H groups in total. The fourth-order valence-corrected chi connectivity index (χ4v) is 4.56. The molecule has 3 aromatic carbocycles. The summed E-state index contributed by atoms with van der Waals surface area (Å²) in [6.45, 7) is 3.05. The average Bonchev–Trinajstić information content (AvgIpc) is 3.29. The van der Waals surface area contributed by atoms with Gasteiger partial charge in [-0.3, -0.25) is 4.79 Å². The number of benzene rings is 3. The first-order valence-corrected chi connectivity index (χ1v) is 11.4. The number of nitrogens with one attached hydrogen (secondary N) is 1. The molecular formula is C26H28ClN3O2. The Hall–Kier alpha value is -3.05. The summed E-state index contributed by atoms with van der Waals surface area (Å²) in [5, 5.41) is 6.05. The normalized spacial score (nSPS) is 16.7. The number of hydrogen-bond donors (Lipinski definition) is 1. The number of carbonyl (C=O) groups is 2. The summed E-state index contributed by atoms with van der Waals surface area (Å²) in [6.07, 6.45) is 1.50. The summed E-state index contributed by atoms with van der Waals surface area (Å²) in [5.41, 5.74) is 2.07. The topological polar surface area (TPSA) is 52.7 Å². The first kappa shape index (κ1) is 22.2. The Kier molecular flexibility index (Phi) is 6.66. The van der Waals surface area contributed by atoms with Crippen molar-refractivity contribution < 1.29 is 9.59 Å². The molecule has 6 heteroatoms. The van der Waals surface area contributed by atoms with Crippen LogP contribution in [0, 0.1) is 0 Å². The highest BCUT2D eigenvalue weighted by Gasteiger charge is 2.36. The van der Waals surface area contributed by atoms with E-state index in [0.29, 0.717) is 24.5 Å². The van der Waals surface area contributed by atoms with Gasteiger partial charge in [-0.1, -0.05) is 66.2 Å². The Morgan fingerprint density at radius 3 is 2.59 bits per heavy atom. The number of urea groups is 1. The van der Waals surface area contributed by atoms with Gasteiger partial charge in [0.1, 0.15) is 6.04 Å². The first-order valence-electron chi connectivity index (χ1n) is 11.0. The van der Waals surface area contributed by atoms with Crippen molar-refractivity contribution in [2.24, 2.45) is 0 Å². The van der Waals surface area contributed by atoms with E-state index in [4.69, 9.17) is 11.6 Å². The molecule has 3 amide bonds. The minimum absolute atomic E-state index is 0.0367. The number of nitrogens with zero attached hydrogens (tertiary/aromatic N) is 2. The van der Waals surface area contributed by atoms with Crippen LogP contribution in [0.4, 0.5) is 4.79 Å². The minimum atomic E-state index is -0.438. The van der Waals surface area contributed by atoms with Crippen LogP contribution in [0.1, 0.15) is 36.9 Å². The van der Waals surface area contributed by atoms with Crippen LogP contribution in [0.5, 0.6) is 0 Å². The number of amides is 3. The molecule has 1 fully saturated rings. The van der Waals surface area contributed by atoms with Gasteiger partial charge in [0.25, 0.3) is 0 Å². The van der Waals surface area contributed by atoms with E-state index in [1.54, 1.807) is 16.8 Å². The van der Waals surface area contributed by atoms with Crippen LogP contribution in [-0.4, -0.2) is 41.4 Å². The van der Waals surface area contributed by atoms with Crippen molar-refractivity contribution in [3.05, 3.63) is 82.9 Å². The van der Waals surface area contributed by atoms with E-state index in [1.165, 1.54) is 0 Å². The van der Waals surface area contributed by atoms with Gasteiger partial charge in [0, 0.05) is 25.2 Å². The van der Waals surface area contributed by atoms with Crippen molar-refractivity contribution in [1.29, 1.82) is 0 Å². The number of likely N-dealkylation sites (N-methyl/N-ethyl adjacent to an activating group) is 1. The van der Waals surface area contributed by atoms with Gasteiger partial charge in [-0.25, -0.2) is 4.79 Å². The van der Waals surface area contributed by atoms with Crippen molar-refractivity contribution in [3.63, 3.8) is 0 Å². The lowest BCUT2D eigenvalue weighted by Crippen LogP contribution is -2.50. The highest BCUT2D eigenvalue weighted by molar-refractivity contribution is 6.30. The maximum atomic E-state index is 13.1. The van der Waals surface area contributed by atoms with Gasteiger partial charge < -0.3 is 15.1 Å². The first-order chi connectivity index (χ1) is 15.4. The van der Waals surface area contributed by atoms with E-state index in [9.17, 15) is 9.59 Å². The van der Waals surface area contributed by atoms with Crippen LogP contribution in [-0.2, 0) is 11.3 Å². The van der Waals surface area contributed by atoms with E-state index < -0.39 is 6.04 Å². The fraction of sp³-hybridized carbons (Fsp3) is 0.308. The molecular weight excluding hydrogens is 422 g/mol. The summed E-state index contributed by atoms with van der Waals surface area (Å²) in [7, 11) is 1.78. The third-order valence-electron chi connectivity index (χ3n) is 6.14. The Labute approximate surface area is 194 Å². The van der Waals surface area contributed by atoms with Gasteiger partial charge in [0.2, 0.25) is 5.91 Å². The molecule has 0 aromatic heterocycles. The summed E-state index contributed by atoms with van der Waals surface area (Å²) < 4.78 is 0. The third kappa shape index (κ3) is 4.73. The third-order valence-corrected chi connectivity index (χ3v) is 6.39. The molecule has 0 aliphatic carbocycles. The van der Waals surface area contributed by atoms with Crippen LogP contribution in [0.2, 0.25) is 5.02 Å². The maximum absolute atomic E-state index is 13.1. The second-order valence-corrected chi connectivity index (χ2v) is 8.85. The lowest BCUT2D eigenvalue weighted by molar-refractivity contribution is -0.134. The SMILES string of the molecule is CC(NC(=O)N1CCCC1C(=O)N(C)Cc1ccc(Cl)cc1)c1cccc2ccccc12. The van der Waals surface area contributed by atoms with Crippen LogP contribution in [0.25, 0.3) is 10.8 Å². The van der Waals surface area contributed by atoms with Gasteiger partial charge in [-0.15, -0.1) is 0 Å². The molecule has 166 valence electrons. The molecule has 0 saturated carbocycles. The second-order valence-electron chi connectivity index (χ2n) is 8.41. The number of carbonyl (C=O) groups excluding carboxylic acids is 2. The molecule has 32 heavy (non-hydrogen) atoms. The summed E-state index contributed by atoms with van der Waals surface area (Å²) in [6, 6.07) is 20.9. The zero-order chi connectivity index (χ0) is 22.7. The van der Waals surface area contributed by atoms with Gasteiger partial charge >= 0.3 is 6.03 Å². The molecule has 1 heterocycles. The van der Waals surface area contributed by atoms with Crippen molar-refractivity contribution in [1.82, 2.24) is 15.1 Å². The second kappa shape index (κ2) is 9.61. The van der Waals surface area contributed by atoms with Gasteiger partial charge in [0.15, 0.2) is 0 Å². The molecule has 2 atom stereocenters. The van der Waals surface area contributed by atoms with Crippen LogP contribution >= 0.6 is 11.6 Å². The smallest absolute Gasteiger partial charge is 0.318 e. The van der Waals surface area contributed by atoms with Crippen molar-refractivity contribution in [2.75, 3.05) is 13.6 Å². The number of halogens is 1. The molecule has 1 aliphatic heterocycles. The maximum Gasteiger partial charge on any atom is 0.318 e. The molecule has 0 radical (unpaired) electrons. The molecule has 0 spiro atoms. The molecule has 1 aliphatic rings. The van der Waals surface area contributed by atoms with E-state index in [-0.39, 0.29) is 18.0 Å². The Bertz CT molecular complexity index is 1110. The molecule has 4 rings (SSSR count). The lowest BCUT2D eigenvalue weighted by Gasteiger charge is -2.29. The zero-order valence-corrected chi connectivity index (χ0v) is 19.2. The predicted octanol–water partition coefficient (Wildman–Crippen LogP) is 5.39. The van der Waals surface area contributed by atoms with Crippen molar-refractivity contribution in [2.45, 2.75) is 38.4 Å². The fourth-order valence-electron chi connectivity index (χ4n) is 4.44. The lowest BCUT2D eigenvalue weighted by atomic mass is 10.00. The van der Waals surface area contributed by atoms with Crippen molar-refractivity contribution in [3.8, 4) is 0 Å². The van der Waals surface area contributed by atoms with Gasteiger partial charge in [-0.05, 0) is 53.8 Å². The molecule has 1 saturated heterocycles. The summed E-state index contributed by atoms with van der Waals surface area (Å²) in [5.74, 6) is -0.0367. The quantitative estimate of drug-likeness (QED) is 0.568. The molecule has 0 bridgehead atoms. The van der Waals surface area contributed by atoms with E-state index in [2.05, 4.69) is 23.5 Å². The standard InChI is InChI=1S/C26H28ClN3O2/c1-18(22-10-5-8-20-7-3-4-9-23(20)22)28-26(32)30-16-6-11-24(30)25(31)29(2)17-19-12-14-21(27)15-13-19/h3-5,7-10,12-15,18,24H,6,11,16-17H2,1-2H3,(H,28,32). The average molecular weight is 450 g/mol. The minimum Gasteiger partial charge on any atom is -0.340 e. The number of rotatable bonds is 5. The predicted molar refractivity (Wildman–Crippen MR) is 129 cm³/mol. The molecule has 5 nitrogen and oxygen atoms in total. The van der Waals surface area contributed by atoms with Gasteiger partial charge in [0.05, 0.1) is 6.04 Å². The summed E-state index contributed by atoms with van der Waals surface area (Å²) in [4.78, 5) is 29.6. The molecule has 2 unspecified atom stereocenters. The Morgan fingerprint density at radius 1 is 1.09 bits per heavy atom. The van der Waals surface area contributed by atoms with Crippen LogP contribution in [0.3, 0.4) is 0 Å². The monoisotopic (exact) mass is 449 g/mol. The van der Waals surface area contributed by atoms with Gasteiger partial charge in [-0.2, -0.15) is 0 Å². The Morgan fingerprint density at radius 2 is 1.81 bits per heavy atom. The molecule has 3 aromatic rings. The Balaban J connectivity index is 1.43. The number of fused-ring (bicyclic) bond motifs is 1. The summed E-state index contributed by atoms with van der Waals surface area (Å²) >= 11 is 5.95. The zero-order valence-electron chi connectivity index (χ0n) is 18.4. The van der Waals surface area contributed by atoms with Crippen LogP contribution in [0.15, 0.2) is 66.7 Å². The van der Waals surface area contributed by atoms with E-state index in [0.717, 1.165) is 28.3 Å². The van der Waals surface area contributed by atoms with Crippen LogP contribution < -0.4 is 5.32 Å². The highest BCUT2D eigenvalue weighted by atomic mass is 35.5. The largest absolute Gasteiger partial charge is 0.340 e. The highest BCUT2D eigenvalue weighted by Crippen LogP contribution is 2.26.